The van der Waals surface area contributed by atoms with Crippen LogP contribution in [0.3, 0.4) is 0 Å². The van der Waals surface area contributed by atoms with Gasteiger partial charge in [0.1, 0.15) is 12.2 Å². The molecule has 1 aromatic carbocycles. The van der Waals surface area contributed by atoms with Gasteiger partial charge in [-0.15, -0.1) is 0 Å². The van der Waals surface area contributed by atoms with Gasteiger partial charge < -0.3 is 5.73 Å². The van der Waals surface area contributed by atoms with E-state index in [1.807, 2.05) is 4.68 Å². The largest absolute Gasteiger partial charge is 0.326 e. The zero-order valence-electron chi connectivity index (χ0n) is 12.7. The van der Waals surface area contributed by atoms with Crippen LogP contribution in [0.25, 0.3) is 0 Å². The monoisotopic (exact) mass is 284 g/mol. The Morgan fingerprint density at radius 3 is 2.67 bits per heavy atom. The van der Waals surface area contributed by atoms with Crippen LogP contribution < -0.4 is 5.73 Å². The van der Waals surface area contributed by atoms with Crippen LogP contribution in [-0.4, -0.2) is 20.8 Å². The SMILES string of the molecule is CCCn1ncnc1CC(N)C1(c2ccccc2)CCC1. The number of benzene rings is 1. The lowest BCUT2D eigenvalue weighted by atomic mass is 9.59. The van der Waals surface area contributed by atoms with Gasteiger partial charge in [-0.1, -0.05) is 43.7 Å². The van der Waals surface area contributed by atoms with E-state index in [0.29, 0.717) is 0 Å². The molecule has 0 spiro atoms. The minimum absolute atomic E-state index is 0.105. The summed E-state index contributed by atoms with van der Waals surface area (Å²) in [5.74, 6) is 1.02. The number of nitrogens with two attached hydrogens (primary N) is 1. The van der Waals surface area contributed by atoms with Crippen LogP contribution in [0.1, 0.15) is 44.0 Å². The maximum atomic E-state index is 6.62. The van der Waals surface area contributed by atoms with Crippen molar-refractivity contribution in [1.29, 1.82) is 0 Å². The number of hydrogen-bond donors (Lipinski definition) is 1. The van der Waals surface area contributed by atoms with Crippen molar-refractivity contribution in [2.45, 2.75) is 57.0 Å². The fraction of sp³-hybridized carbons (Fsp3) is 0.529. The average molecular weight is 284 g/mol. The van der Waals surface area contributed by atoms with Crippen molar-refractivity contribution in [3.8, 4) is 0 Å². The van der Waals surface area contributed by atoms with E-state index in [-0.39, 0.29) is 11.5 Å². The molecule has 1 fully saturated rings. The highest BCUT2D eigenvalue weighted by atomic mass is 15.3. The number of aromatic nitrogens is 3. The second-order valence-corrected chi connectivity index (χ2v) is 6.09. The molecule has 4 nitrogen and oxygen atoms in total. The fourth-order valence-electron chi connectivity index (χ4n) is 3.44. The van der Waals surface area contributed by atoms with Crippen molar-refractivity contribution < 1.29 is 0 Å². The summed E-state index contributed by atoms with van der Waals surface area (Å²) in [5.41, 5.74) is 8.13. The molecule has 2 N–H and O–H groups in total. The summed E-state index contributed by atoms with van der Waals surface area (Å²) >= 11 is 0. The van der Waals surface area contributed by atoms with Crippen molar-refractivity contribution >= 4 is 0 Å². The fourth-order valence-corrected chi connectivity index (χ4v) is 3.44. The lowest BCUT2D eigenvalue weighted by Crippen LogP contribution is -2.51. The van der Waals surface area contributed by atoms with Gasteiger partial charge in [-0.3, -0.25) is 4.68 Å². The van der Waals surface area contributed by atoms with E-state index in [0.717, 1.165) is 25.2 Å². The van der Waals surface area contributed by atoms with Crippen LogP contribution in [0.2, 0.25) is 0 Å². The second kappa shape index (κ2) is 5.98. The van der Waals surface area contributed by atoms with Gasteiger partial charge in [-0.2, -0.15) is 5.10 Å². The molecule has 1 aliphatic carbocycles. The molecule has 1 aliphatic rings. The first-order valence-electron chi connectivity index (χ1n) is 7.94. The molecular weight excluding hydrogens is 260 g/mol. The van der Waals surface area contributed by atoms with Crippen LogP contribution in [0.15, 0.2) is 36.7 Å². The van der Waals surface area contributed by atoms with Crippen molar-refractivity contribution in [2.75, 3.05) is 0 Å². The summed E-state index contributed by atoms with van der Waals surface area (Å²) < 4.78 is 2.00. The molecule has 1 saturated carbocycles. The molecule has 0 saturated heterocycles. The first-order chi connectivity index (χ1) is 10.3. The van der Waals surface area contributed by atoms with E-state index < -0.39 is 0 Å². The maximum Gasteiger partial charge on any atom is 0.138 e. The average Bonchev–Trinajstić information content (AvgIpc) is 2.86. The maximum absolute atomic E-state index is 6.62. The normalized spacial score (nSPS) is 18.2. The Labute approximate surface area is 126 Å². The van der Waals surface area contributed by atoms with Gasteiger partial charge in [0.15, 0.2) is 0 Å². The lowest BCUT2D eigenvalue weighted by Gasteiger charge is -2.47. The summed E-state index contributed by atoms with van der Waals surface area (Å²) in [6.45, 7) is 3.07. The zero-order valence-corrected chi connectivity index (χ0v) is 12.7. The van der Waals surface area contributed by atoms with Gasteiger partial charge in [-0.05, 0) is 24.8 Å². The minimum atomic E-state index is 0.105. The van der Waals surface area contributed by atoms with E-state index in [1.54, 1.807) is 6.33 Å². The lowest BCUT2D eigenvalue weighted by molar-refractivity contribution is 0.192. The summed E-state index contributed by atoms with van der Waals surface area (Å²) in [6.07, 6.45) is 7.14. The summed E-state index contributed by atoms with van der Waals surface area (Å²) in [6, 6.07) is 10.8. The molecule has 1 unspecified atom stereocenters. The molecule has 0 aliphatic heterocycles. The van der Waals surface area contributed by atoms with Gasteiger partial charge in [0.05, 0.1) is 0 Å². The Kier molecular flexibility index (Phi) is 4.06. The Bertz CT molecular complexity index is 571. The second-order valence-electron chi connectivity index (χ2n) is 6.09. The van der Waals surface area contributed by atoms with E-state index in [2.05, 4.69) is 47.3 Å². The Balaban J connectivity index is 1.80. The van der Waals surface area contributed by atoms with Gasteiger partial charge >= 0.3 is 0 Å². The van der Waals surface area contributed by atoms with Crippen molar-refractivity contribution in [2.24, 2.45) is 5.73 Å². The molecule has 4 heteroatoms. The molecule has 21 heavy (non-hydrogen) atoms. The molecule has 112 valence electrons. The van der Waals surface area contributed by atoms with Gasteiger partial charge in [0.2, 0.25) is 0 Å². The molecule has 2 aromatic rings. The Hall–Kier alpha value is -1.68. The molecule has 0 amide bonds. The quantitative estimate of drug-likeness (QED) is 0.887. The Morgan fingerprint density at radius 2 is 2.05 bits per heavy atom. The highest BCUT2D eigenvalue weighted by Crippen LogP contribution is 2.46. The van der Waals surface area contributed by atoms with Crippen molar-refractivity contribution in [1.82, 2.24) is 14.8 Å². The third-order valence-electron chi connectivity index (χ3n) is 4.84. The van der Waals surface area contributed by atoms with Crippen molar-refractivity contribution in [3.63, 3.8) is 0 Å². The predicted molar refractivity (Wildman–Crippen MR) is 84.0 cm³/mol. The molecule has 1 aromatic heterocycles. The topological polar surface area (TPSA) is 56.7 Å². The molecule has 3 rings (SSSR count). The smallest absolute Gasteiger partial charge is 0.138 e. The van der Waals surface area contributed by atoms with E-state index in [1.165, 1.54) is 24.8 Å². The van der Waals surface area contributed by atoms with Crippen LogP contribution in [0.5, 0.6) is 0 Å². The molecule has 0 radical (unpaired) electrons. The van der Waals surface area contributed by atoms with Crippen LogP contribution in [0.4, 0.5) is 0 Å². The van der Waals surface area contributed by atoms with Crippen LogP contribution in [0, 0.1) is 0 Å². The molecule has 0 bridgehead atoms. The van der Waals surface area contributed by atoms with Gasteiger partial charge in [0.25, 0.3) is 0 Å². The standard InChI is InChI=1S/C17H24N4/c1-2-11-21-16(19-13-20-21)12-15(18)17(9-6-10-17)14-7-4-3-5-8-14/h3-5,7-8,13,15H,2,6,9-12,18H2,1H3. The first kappa shape index (κ1) is 14.3. The summed E-state index contributed by atoms with van der Waals surface area (Å²) in [4.78, 5) is 4.41. The minimum Gasteiger partial charge on any atom is -0.326 e. The third-order valence-corrected chi connectivity index (χ3v) is 4.84. The highest BCUT2D eigenvalue weighted by Gasteiger charge is 2.44. The number of rotatable bonds is 6. The summed E-state index contributed by atoms with van der Waals surface area (Å²) in [7, 11) is 0. The third kappa shape index (κ3) is 2.60. The van der Waals surface area contributed by atoms with E-state index in [4.69, 9.17) is 5.73 Å². The molecular formula is C17H24N4. The number of nitrogens with zero attached hydrogens (tertiary/aromatic N) is 3. The highest BCUT2D eigenvalue weighted by molar-refractivity contribution is 5.30. The first-order valence-corrected chi connectivity index (χ1v) is 7.94. The van der Waals surface area contributed by atoms with E-state index in [9.17, 15) is 0 Å². The van der Waals surface area contributed by atoms with Gasteiger partial charge in [0, 0.05) is 24.4 Å². The number of hydrogen-bond acceptors (Lipinski definition) is 3. The molecule has 1 heterocycles. The zero-order chi connectivity index (χ0) is 14.7. The summed E-state index contributed by atoms with van der Waals surface area (Å²) in [5, 5.41) is 4.31. The predicted octanol–water partition coefficient (Wildman–Crippen LogP) is 2.68. The van der Waals surface area contributed by atoms with Gasteiger partial charge in [-0.25, -0.2) is 4.98 Å². The van der Waals surface area contributed by atoms with Crippen molar-refractivity contribution in [3.05, 3.63) is 48.0 Å². The molecule has 1 atom stereocenters. The van der Waals surface area contributed by atoms with E-state index >= 15 is 0 Å². The number of aryl methyl sites for hydroxylation is 1. The Morgan fingerprint density at radius 1 is 1.29 bits per heavy atom. The van der Waals surface area contributed by atoms with Crippen LogP contribution in [-0.2, 0) is 18.4 Å². The van der Waals surface area contributed by atoms with Crippen LogP contribution >= 0.6 is 0 Å².